The molecule has 2 aliphatic rings. The SMILES string of the molecule is CC1(C)Cc2ccccc2CN1C(=O)c1cn(C[C@H]2CCCNC2)nn1. The molecule has 3 heterocycles. The van der Waals surface area contributed by atoms with Crippen LogP contribution in [-0.2, 0) is 19.5 Å². The van der Waals surface area contributed by atoms with E-state index in [4.69, 9.17) is 0 Å². The second-order valence-electron chi connectivity index (χ2n) is 8.19. The van der Waals surface area contributed by atoms with Gasteiger partial charge in [0.1, 0.15) is 0 Å². The number of benzene rings is 1. The van der Waals surface area contributed by atoms with Crippen LogP contribution in [-0.4, -0.2) is 44.4 Å². The van der Waals surface area contributed by atoms with Gasteiger partial charge in [0.15, 0.2) is 5.69 Å². The highest BCUT2D eigenvalue weighted by Gasteiger charge is 2.37. The number of piperidine rings is 1. The molecular formula is C20H27N5O. The fourth-order valence-corrected chi connectivity index (χ4v) is 4.15. The minimum Gasteiger partial charge on any atom is -0.327 e. The van der Waals surface area contributed by atoms with E-state index in [9.17, 15) is 4.79 Å². The molecule has 1 amide bonds. The van der Waals surface area contributed by atoms with Crippen LogP contribution in [0.15, 0.2) is 30.5 Å². The Morgan fingerprint density at radius 1 is 1.31 bits per heavy atom. The van der Waals surface area contributed by atoms with Crippen LogP contribution in [0.25, 0.3) is 0 Å². The Labute approximate surface area is 154 Å². The van der Waals surface area contributed by atoms with Crippen molar-refractivity contribution < 1.29 is 4.79 Å². The molecule has 26 heavy (non-hydrogen) atoms. The molecule has 1 aromatic heterocycles. The number of hydrogen-bond donors (Lipinski definition) is 1. The van der Waals surface area contributed by atoms with Crippen molar-refractivity contribution in [2.45, 2.75) is 51.7 Å². The minimum atomic E-state index is -0.234. The molecule has 2 aromatic rings. The molecule has 138 valence electrons. The maximum atomic E-state index is 13.1. The third-order valence-corrected chi connectivity index (χ3v) is 5.65. The van der Waals surface area contributed by atoms with Crippen molar-refractivity contribution in [2.24, 2.45) is 5.92 Å². The molecule has 0 unspecified atom stereocenters. The summed E-state index contributed by atoms with van der Waals surface area (Å²) in [7, 11) is 0. The van der Waals surface area contributed by atoms with Crippen LogP contribution < -0.4 is 5.32 Å². The first-order chi connectivity index (χ1) is 12.5. The second kappa shape index (κ2) is 6.83. The lowest BCUT2D eigenvalue weighted by molar-refractivity contribution is 0.0482. The van der Waals surface area contributed by atoms with Gasteiger partial charge in [0.25, 0.3) is 5.91 Å². The highest BCUT2D eigenvalue weighted by Crippen LogP contribution is 2.31. The van der Waals surface area contributed by atoms with Gasteiger partial charge >= 0.3 is 0 Å². The molecule has 0 spiro atoms. The van der Waals surface area contributed by atoms with E-state index in [1.165, 1.54) is 24.0 Å². The predicted molar refractivity (Wildman–Crippen MR) is 99.7 cm³/mol. The van der Waals surface area contributed by atoms with Crippen LogP contribution in [0.4, 0.5) is 0 Å². The molecule has 0 radical (unpaired) electrons. The van der Waals surface area contributed by atoms with Gasteiger partial charge in [-0.05, 0) is 63.2 Å². The third-order valence-electron chi connectivity index (χ3n) is 5.65. The molecule has 0 aliphatic carbocycles. The number of aromatic nitrogens is 3. The number of nitrogens with zero attached hydrogens (tertiary/aromatic N) is 4. The first kappa shape index (κ1) is 17.2. The lowest BCUT2D eigenvalue weighted by atomic mass is 9.85. The Morgan fingerprint density at radius 2 is 2.12 bits per heavy atom. The summed E-state index contributed by atoms with van der Waals surface area (Å²) in [6.07, 6.45) is 5.07. The molecule has 0 saturated carbocycles. The number of amides is 1. The average molecular weight is 353 g/mol. The third kappa shape index (κ3) is 3.38. The molecule has 2 aliphatic heterocycles. The van der Waals surface area contributed by atoms with Gasteiger partial charge in [-0.15, -0.1) is 5.10 Å². The van der Waals surface area contributed by atoms with Gasteiger partial charge in [-0.1, -0.05) is 29.5 Å². The van der Waals surface area contributed by atoms with E-state index in [0.29, 0.717) is 18.2 Å². The number of carbonyl (C=O) groups excluding carboxylic acids is 1. The molecule has 6 nitrogen and oxygen atoms in total. The summed E-state index contributed by atoms with van der Waals surface area (Å²) in [5.74, 6) is 0.532. The molecular weight excluding hydrogens is 326 g/mol. The molecule has 1 N–H and O–H groups in total. The van der Waals surface area contributed by atoms with Crippen molar-refractivity contribution in [2.75, 3.05) is 13.1 Å². The van der Waals surface area contributed by atoms with Gasteiger partial charge in [-0.25, -0.2) is 0 Å². The van der Waals surface area contributed by atoms with Crippen LogP contribution in [0.2, 0.25) is 0 Å². The van der Waals surface area contributed by atoms with Crippen molar-refractivity contribution >= 4 is 5.91 Å². The van der Waals surface area contributed by atoms with Crippen molar-refractivity contribution in [1.29, 1.82) is 0 Å². The van der Waals surface area contributed by atoms with Gasteiger partial charge in [0, 0.05) is 18.6 Å². The van der Waals surface area contributed by atoms with E-state index < -0.39 is 0 Å². The summed E-state index contributed by atoms with van der Waals surface area (Å²) in [5.41, 5.74) is 2.76. The van der Waals surface area contributed by atoms with E-state index in [0.717, 1.165) is 26.1 Å². The number of fused-ring (bicyclic) bond motifs is 1. The zero-order chi connectivity index (χ0) is 18.1. The second-order valence-corrected chi connectivity index (χ2v) is 8.19. The zero-order valence-corrected chi connectivity index (χ0v) is 15.6. The van der Waals surface area contributed by atoms with Crippen molar-refractivity contribution in [3.05, 3.63) is 47.3 Å². The highest BCUT2D eigenvalue weighted by atomic mass is 16.2. The molecule has 1 fully saturated rings. The topological polar surface area (TPSA) is 63.1 Å². The van der Waals surface area contributed by atoms with E-state index in [2.05, 4.69) is 47.7 Å². The van der Waals surface area contributed by atoms with Crippen LogP contribution in [0.1, 0.15) is 48.3 Å². The summed E-state index contributed by atoms with van der Waals surface area (Å²) in [6.45, 7) is 7.81. The Bertz CT molecular complexity index is 791. The molecule has 4 rings (SSSR count). The summed E-state index contributed by atoms with van der Waals surface area (Å²) < 4.78 is 1.83. The van der Waals surface area contributed by atoms with Crippen LogP contribution in [0.3, 0.4) is 0 Å². The Balaban J connectivity index is 1.50. The number of nitrogens with one attached hydrogen (secondary N) is 1. The van der Waals surface area contributed by atoms with Crippen molar-refractivity contribution in [1.82, 2.24) is 25.2 Å². The van der Waals surface area contributed by atoms with E-state index in [-0.39, 0.29) is 11.4 Å². The monoisotopic (exact) mass is 353 g/mol. The first-order valence-corrected chi connectivity index (χ1v) is 9.52. The van der Waals surface area contributed by atoms with E-state index in [1.54, 1.807) is 0 Å². The molecule has 1 aromatic carbocycles. The quantitative estimate of drug-likeness (QED) is 0.919. The molecule has 1 atom stereocenters. The van der Waals surface area contributed by atoms with Crippen molar-refractivity contribution in [3.63, 3.8) is 0 Å². The highest BCUT2D eigenvalue weighted by molar-refractivity contribution is 5.92. The Kier molecular flexibility index (Phi) is 4.53. The van der Waals surface area contributed by atoms with Crippen LogP contribution >= 0.6 is 0 Å². The van der Waals surface area contributed by atoms with Gasteiger partial charge in [-0.3, -0.25) is 9.48 Å². The summed E-state index contributed by atoms with van der Waals surface area (Å²) in [4.78, 5) is 15.1. The minimum absolute atomic E-state index is 0.0301. The van der Waals surface area contributed by atoms with Gasteiger partial charge in [0.2, 0.25) is 0 Å². The molecule has 6 heteroatoms. The van der Waals surface area contributed by atoms with Crippen LogP contribution in [0, 0.1) is 5.92 Å². The predicted octanol–water partition coefficient (Wildman–Crippen LogP) is 2.25. The van der Waals surface area contributed by atoms with E-state index >= 15 is 0 Å². The van der Waals surface area contributed by atoms with Gasteiger partial charge in [0.05, 0.1) is 6.20 Å². The Morgan fingerprint density at radius 3 is 2.88 bits per heavy atom. The lowest BCUT2D eigenvalue weighted by Gasteiger charge is -2.43. The fourth-order valence-electron chi connectivity index (χ4n) is 4.15. The largest absolute Gasteiger partial charge is 0.327 e. The molecule has 0 bridgehead atoms. The number of hydrogen-bond acceptors (Lipinski definition) is 4. The van der Waals surface area contributed by atoms with Gasteiger partial charge < -0.3 is 10.2 Å². The Hall–Kier alpha value is -2.21. The summed E-state index contributed by atoms with van der Waals surface area (Å²) >= 11 is 0. The standard InChI is InChI=1S/C20H27N5O/c1-20(2)10-16-7-3-4-8-17(16)13-25(20)19(26)18-14-24(23-22-18)12-15-6-5-9-21-11-15/h3-4,7-8,14-15,21H,5-6,9-13H2,1-2H3/t15-/m0/s1. The summed E-state index contributed by atoms with van der Waals surface area (Å²) in [5, 5.41) is 11.8. The lowest BCUT2D eigenvalue weighted by Crippen LogP contribution is -2.51. The maximum absolute atomic E-state index is 13.1. The molecule has 1 saturated heterocycles. The van der Waals surface area contributed by atoms with Crippen LogP contribution in [0.5, 0.6) is 0 Å². The van der Waals surface area contributed by atoms with Crippen molar-refractivity contribution in [3.8, 4) is 0 Å². The van der Waals surface area contributed by atoms with Gasteiger partial charge in [-0.2, -0.15) is 0 Å². The fraction of sp³-hybridized carbons (Fsp3) is 0.550. The normalized spacial score (nSPS) is 22.1. The summed E-state index contributed by atoms with van der Waals surface area (Å²) in [6, 6.07) is 8.37. The average Bonchev–Trinajstić information content (AvgIpc) is 3.09. The number of rotatable bonds is 3. The smallest absolute Gasteiger partial charge is 0.276 e. The first-order valence-electron chi connectivity index (χ1n) is 9.52. The zero-order valence-electron chi connectivity index (χ0n) is 15.6. The maximum Gasteiger partial charge on any atom is 0.276 e. The number of carbonyl (C=O) groups is 1. The van der Waals surface area contributed by atoms with E-state index in [1.807, 2.05) is 21.8 Å².